The molecule has 0 unspecified atom stereocenters. The number of carbonyl (C=O) groups is 1. The van der Waals surface area contributed by atoms with Crippen molar-refractivity contribution in [1.82, 2.24) is 4.90 Å². The number of carbonyl (C=O) groups excluding carboxylic acids is 1. The second kappa shape index (κ2) is 6.99. The smallest absolute Gasteiger partial charge is 0.242 e. The highest BCUT2D eigenvalue weighted by Crippen LogP contribution is 2.45. The van der Waals surface area contributed by atoms with E-state index < -0.39 is 5.54 Å². The van der Waals surface area contributed by atoms with Crippen LogP contribution >= 0.6 is 0 Å². The number of hydrogen-bond donors (Lipinski definition) is 1. The van der Waals surface area contributed by atoms with E-state index in [0.29, 0.717) is 19.7 Å². The molecule has 148 valence electrons. The van der Waals surface area contributed by atoms with Crippen molar-refractivity contribution in [2.75, 3.05) is 33.9 Å². The first-order valence-electron chi connectivity index (χ1n) is 9.99. The fraction of sp³-hybridized carbons (Fsp3) is 0.667. The Bertz CT molecular complexity index is 719. The average molecular weight is 374 g/mol. The number of rotatable bonds is 3. The molecule has 6 heteroatoms. The summed E-state index contributed by atoms with van der Waals surface area (Å²) >= 11 is 0. The van der Waals surface area contributed by atoms with Gasteiger partial charge in [-0.15, -0.1) is 0 Å². The lowest BCUT2D eigenvalue weighted by atomic mass is 9.78. The van der Waals surface area contributed by atoms with E-state index in [1.165, 1.54) is 11.1 Å². The third-order valence-electron chi connectivity index (χ3n) is 6.63. The number of piperidine rings is 1. The van der Waals surface area contributed by atoms with E-state index in [9.17, 15) is 4.79 Å². The van der Waals surface area contributed by atoms with Gasteiger partial charge in [0.1, 0.15) is 0 Å². The Labute approximate surface area is 160 Å². The van der Waals surface area contributed by atoms with Crippen LogP contribution in [0.25, 0.3) is 0 Å². The molecule has 1 aliphatic carbocycles. The van der Waals surface area contributed by atoms with E-state index in [1.807, 2.05) is 4.90 Å². The standard InChI is InChI=1S/C21H30N2O4/c1-25-17-13-15-5-12-27-21(16(15)14-18(17)26-2)8-10-23(11-9-21)19(24)20(22)6-3-4-7-20/h13-14H,3-12,22H2,1-2H3. The summed E-state index contributed by atoms with van der Waals surface area (Å²) in [5, 5.41) is 0. The minimum absolute atomic E-state index is 0.123. The zero-order valence-corrected chi connectivity index (χ0v) is 16.4. The molecule has 0 bridgehead atoms. The second-order valence-electron chi connectivity index (χ2n) is 8.11. The number of benzene rings is 1. The maximum Gasteiger partial charge on any atom is 0.242 e. The largest absolute Gasteiger partial charge is 0.493 e. The van der Waals surface area contributed by atoms with E-state index >= 15 is 0 Å². The van der Waals surface area contributed by atoms with Crippen LogP contribution in [0, 0.1) is 0 Å². The van der Waals surface area contributed by atoms with Crippen molar-refractivity contribution in [3.05, 3.63) is 23.3 Å². The Hall–Kier alpha value is -1.79. The molecular formula is C21H30N2O4. The molecule has 2 fully saturated rings. The molecule has 27 heavy (non-hydrogen) atoms. The van der Waals surface area contributed by atoms with Gasteiger partial charge in [-0.2, -0.15) is 0 Å². The molecule has 2 N–H and O–H groups in total. The number of nitrogens with two attached hydrogens (primary N) is 1. The third kappa shape index (κ3) is 3.09. The van der Waals surface area contributed by atoms with Crippen LogP contribution in [0.5, 0.6) is 11.5 Å². The SMILES string of the molecule is COc1cc2c(cc1OC)C1(CCN(C(=O)C3(N)CCCC3)CC1)OCC2. The Balaban J connectivity index is 1.56. The monoisotopic (exact) mass is 374 g/mol. The van der Waals surface area contributed by atoms with E-state index in [2.05, 4.69) is 12.1 Å². The van der Waals surface area contributed by atoms with Gasteiger partial charge in [-0.05, 0) is 55.4 Å². The van der Waals surface area contributed by atoms with Gasteiger partial charge in [0.15, 0.2) is 11.5 Å². The number of methoxy groups -OCH3 is 2. The van der Waals surface area contributed by atoms with Crippen molar-refractivity contribution in [3.63, 3.8) is 0 Å². The highest BCUT2D eigenvalue weighted by Gasteiger charge is 2.46. The first kappa shape index (κ1) is 18.6. The van der Waals surface area contributed by atoms with E-state index in [4.69, 9.17) is 19.9 Å². The van der Waals surface area contributed by atoms with Crippen molar-refractivity contribution >= 4 is 5.91 Å². The summed E-state index contributed by atoms with van der Waals surface area (Å²) < 4.78 is 17.3. The van der Waals surface area contributed by atoms with Crippen LogP contribution in [-0.4, -0.2) is 50.3 Å². The van der Waals surface area contributed by atoms with Crippen molar-refractivity contribution in [1.29, 1.82) is 0 Å². The fourth-order valence-corrected chi connectivity index (χ4v) is 5.01. The predicted octanol–water partition coefficient (Wildman–Crippen LogP) is 2.37. The highest BCUT2D eigenvalue weighted by molar-refractivity contribution is 5.86. The summed E-state index contributed by atoms with van der Waals surface area (Å²) in [6.45, 7) is 2.06. The molecule has 1 aromatic rings. The summed E-state index contributed by atoms with van der Waals surface area (Å²) in [6, 6.07) is 4.13. The zero-order valence-electron chi connectivity index (χ0n) is 16.4. The highest BCUT2D eigenvalue weighted by atomic mass is 16.5. The summed E-state index contributed by atoms with van der Waals surface area (Å²) in [7, 11) is 3.32. The Morgan fingerprint density at radius 2 is 1.70 bits per heavy atom. The van der Waals surface area contributed by atoms with Gasteiger partial charge in [-0.1, -0.05) is 12.8 Å². The molecule has 1 spiro atoms. The zero-order chi connectivity index (χ0) is 19.1. The Morgan fingerprint density at radius 1 is 1.07 bits per heavy atom. The van der Waals surface area contributed by atoms with E-state index in [0.717, 1.165) is 56.4 Å². The van der Waals surface area contributed by atoms with Gasteiger partial charge in [-0.25, -0.2) is 0 Å². The lowest BCUT2D eigenvalue weighted by Gasteiger charge is -2.46. The molecule has 1 aromatic carbocycles. The summed E-state index contributed by atoms with van der Waals surface area (Å²) in [5.74, 6) is 1.61. The Morgan fingerprint density at radius 3 is 2.33 bits per heavy atom. The fourth-order valence-electron chi connectivity index (χ4n) is 5.01. The summed E-state index contributed by atoms with van der Waals surface area (Å²) in [4.78, 5) is 14.9. The van der Waals surface area contributed by atoms with Crippen molar-refractivity contribution < 1.29 is 19.0 Å². The van der Waals surface area contributed by atoms with E-state index in [-0.39, 0.29) is 11.5 Å². The molecule has 3 aliphatic rings. The molecule has 2 heterocycles. The lowest BCUT2D eigenvalue weighted by molar-refractivity contribution is -0.145. The van der Waals surface area contributed by atoms with Crippen LogP contribution < -0.4 is 15.2 Å². The molecule has 1 saturated carbocycles. The minimum Gasteiger partial charge on any atom is -0.493 e. The number of amides is 1. The average Bonchev–Trinajstić information content (AvgIpc) is 3.15. The summed E-state index contributed by atoms with van der Waals surface area (Å²) in [6.07, 6.45) is 6.17. The van der Waals surface area contributed by atoms with Gasteiger partial charge >= 0.3 is 0 Å². The van der Waals surface area contributed by atoms with Crippen molar-refractivity contribution in [2.24, 2.45) is 5.73 Å². The number of nitrogens with zero attached hydrogens (tertiary/aromatic N) is 1. The number of ether oxygens (including phenoxy) is 3. The van der Waals surface area contributed by atoms with Crippen LogP contribution in [0.1, 0.15) is 49.7 Å². The normalized spacial score (nSPS) is 23.1. The Kier molecular flexibility index (Phi) is 4.80. The quantitative estimate of drug-likeness (QED) is 0.879. The second-order valence-corrected chi connectivity index (χ2v) is 8.11. The number of likely N-dealkylation sites (tertiary alicyclic amines) is 1. The van der Waals surface area contributed by atoms with Gasteiger partial charge < -0.3 is 24.8 Å². The van der Waals surface area contributed by atoms with Gasteiger partial charge in [0, 0.05) is 13.1 Å². The molecule has 0 aromatic heterocycles. The van der Waals surface area contributed by atoms with Crippen LogP contribution in [0.4, 0.5) is 0 Å². The third-order valence-corrected chi connectivity index (χ3v) is 6.63. The molecule has 4 rings (SSSR count). The van der Waals surface area contributed by atoms with Gasteiger partial charge in [0.05, 0.1) is 32.0 Å². The summed E-state index contributed by atoms with van der Waals surface area (Å²) in [5.41, 5.74) is 7.84. The van der Waals surface area contributed by atoms with Crippen LogP contribution in [0.2, 0.25) is 0 Å². The first-order chi connectivity index (χ1) is 13.0. The molecular weight excluding hydrogens is 344 g/mol. The maximum atomic E-state index is 12.9. The van der Waals surface area contributed by atoms with Gasteiger partial charge in [0.2, 0.25) is 5.91 Å². The van der Waals surface area contributed by atoms with Gasteiger partial charge in [0.25, 0.3) is 0 Å². The van der Waals surface area contributed by atoms with Crippen LogP contribution in [-0.2, 0) is 21.6 Å². The molecule has 1 amide bonds. The number of fused-ring (bicyclic) bond motifs is 2. The molecule has 1 saturated heterocycles. The van der Waals surface area contributed by atoms with Crippen molar-refractivity contribution in [3.8, 4) is 11.5 Å². The number of hydrogen-bond acceptors (Lipinski definition) is 5. The minimum atomic E-state index is -0.646. The molecule has 0 atom stereocenters. The molecule has 0 radical (unpaired) electrons. The van der Waals surface area contributed by atoms with Crippen LogP contribution in [0.3, 0.4) is 0 Å². The lowest BCUT2D eigenvalue weighted by Crippen LogP contribution is -2.57. The predicted molar refractivity (Wildman–Crippen MR) is 102 cm³/mol. The molecule has 6 nitrogen and oxygen atoms in total. The van der Waals surface area contributed by atoms with Gasteiger partial charge in [-0.3, -0.25) is 4.79 Å². The van der Waals surface area contributed by atoms with Crippen LogP contribution in [0.15, 0.2) is 12.1 Å². The first-order valence-corrected chi connectivity index (χ1v) is 9.99. The van der Waals surface area contributed by atoms with E-state index in [1.54, 1.807) is 14.2 Å². The van der Waals surface area contributed by atoms with Crippen molar-refractivity contribution in [2.45, 2.75) is 56.1 Å². The maximum absolute atomic E-state index is 12.9. The molecule has 2 aliphatic heterocycles. The topological polar surface area (TPSA) is 74.0 Å².